The zero-order valence-electron chi connectivity index (χ0n) is 23.6. The fraction of sp³-hybridized carbons (Fsp3) is 0. The normalized spacial score (nSPS) is 11.6. The molecule has 0 aliphatic heterocycles. The lowest BCUT2D eigenvalue weighted by molar-refractivity contribution is 0.669. The van der Waals surface area contributed by atoms with Crippen molar-refractivity contribution in [2.75, 3.05) is 0 Å². The summed E-state index contributed by atoms with van der Waals surface area (Å²) in [6.07, 6.45) is 0. The second-order valence-corrected chi connectivity index (χ2v) is 12.0. The van der Waals surface area contributed by atoms with Gasteiger partial charge in [0.15, 0.2) is 5.82 Å². The molecule has 6 aromatic carbocycles. The van der Waals surface area contributed by atoms with E-state index < -0.39 is 0 Å². The highest BCUT2D eigenvalue weighted by Crippen LogP contribution is 2.44. The van der Waals surface area contributed by atoms with Gasteiger partial charge in [0.2, 0.25) is 0 Å². The van der Waals surface area contributed by atoms with Gasteiger partial charge >= 0.3 is 0 Å². The number of furan rings is 1. The van der Waals surface area contributed by atoms with Crippen molar-refractivity contribution < 1.29 is 4.42 Å². The molecule has 0 N–H and O–H groups in total. The Morgan fingerprint density at radius 1 is 0.432 bits per heavy atom. The fourth-order valence-electron chi connectivity index (χ4n) is 6.18. The molecule has 3 nitrogen and oxygen atoms in total. The molecular weight excluding hydrogens is 557 g/mol. The minimum atomic E-state index is 0.708. The Labute approximate surface area is 257 Å². The van der Waals surface area contributed by atoms with Gasteiger partial charge in [-0.25, -0.2) is 9.97 Å². The van der Waals surface area contributed by atoms with Gasteiger partial charge in [0, 0.05) is 32.0 Å². The molecule has 0 aliphatic carbocycles. The van der Waals surface area contributed by atoms with Crippen molar-refractivity contribution in [1.29, 1.82) is 0 Å². The molecular formula is C40H24N2OS. The monoisotopic (exact) mass is 580 g/mol. The summed E-state index contributed by atoms with van der Waals surface area (Å²) in [7, 11) is 0. The topological polar surface area (TPSA) is 38.9 Å². The molecule has 0 atom stereocenters. The van der Waals surface area contributed by atoms with Crippen molar-refractivity contribution in [3.8, 4) is 44.9 Å². The molecule has 0 radical (unpaired) electrons. The maximum Gasteiger partial charge on any atom is 0.160 e. The molecule has 3 aromatic heterocycles. The lowest BCUT2D eigenvalue weighted by Crippen LogP contribution is -1.94. The van der Waals surface area contributed by atoms with Crippen LogP contribution in [-0.4, -0.2) is 9.97 Å². The highest BCUT2D eigenvalue weighted by Gasteiger charge is 2.20. The summed E-state index contributed by atoms with van der Waals surface area (Å²) in [4.78, 5) is 10.6. The van der Waals surface area contributed by atoms with Gasteiger partial charge < -0.3 is 4.42 Å². The van der Waals surface area contributed by atoms with E-state index in [9.17, 15) is 0 Å². The van der Waals surface area contributed by atoms with Crippen LogP contribution in [-0.2, 0) is 0 Å². The number of rotatable bonds is 4. The molecule has 0 fully saturated rings. The molecule has 0 bridgehead atoms. The number of para-hydroxylation sites is 1. The van der Waals surface area contributed by atoms with Crippen LogP contribution in [0.25, 0.3) is 87.1 Å². The van der Waals surface area contributed by atoms with Crippen LogP contribution < -0.4 is 0 Å². The first-order valence-corrected chi connectivity index (χ1v) is 15.5. The smallest absolute Gasteiger partial charge is 0.160 e. The van der Waals surface area contributed by atoms with Crippen molar-refractivity contribution in [3.05, 3.63) is 146 Å². The van der Waals surface area contributed by atoms with Crippen LogP contribution in [0.1, 0.15) is 0 Å². The van der Waals surface area contributed by atoms with E-state index in [0.29, 0.717) is 5.82 Å². The second kappa shape index (κ2) is 10.0. The first-order chi connectivity index (χ1) is 21.8. The van der Waals surface area contributed by atoms with Crippen LogP contribution in [0.15, 0.2) is 150 Å². The minimum Gasteiger partial charge on any atom is -0.456 e. The van der Waals surface area contributed by atoms with Gasteiger partial charge in [-0.3, -0.25) is 0 Å². The van der Waals surface area contributed by atoms with Crippen LogP contribution in [0.3, 0.4) is 0 Å². The Morgan fingerprint density at radius 2 is 1.11 bits per heavy atom. The van der Waals surface area contributed by atoms with Gasteiger partial charge in [-0.1, -0.05) is 121 Å². The lowest BCUT2D eigenvalue weighted by Gasteiger charge is -2.09. The van der Waals surface area contributed by atoms with E-state index in [2.05, 4.69) is 127 Å². The van der Waals surface area contributed by atoms with Gasteiger partial charge in [0.1, 0.15) is 11.2 Å². The maximum absolute atomic E-state index is 6.30. The third-order valence-corrected chi connectivity index (χ3v) is 9.54. The first kappa shape index (κ1) is 25.0. The molecule has 44 heavy (non-hydrogen) atoms. The molecule has 4 heteroatoms. The van der Waals surface area contributed by atoms with Crippen molar-refractivity contribution >= 4 is 53.6 Å². The average molecular weight is 581 g/mol. The van der Waals surface area contributed by atoms with E-state index in [1.165, 1.54) is 21.4 Å². The van der Waals surface area contributed by atoms with Gasteiger partial charge in [0.05, 0.1) is 15.9 Å². The molecule has 0 aliphatic rings. The number of fused-ring (bicyclic) bond motifs is 6. The largest absolute Gasteiger partial charge is 0.456 e. The number of thiophene rings is 1. The second-order valence-electron chi connectivity index (χ2n) is 11.0. The Kier molecular flexibility index (Phi) is 5.68. The van der Waals surface area contributed by atoms with Gasteiger partial charge in [-0.05, 0) is 46.5 Å². The molecule has 0 saturated heterocycles. The van der Waals surface area contributed by atoms with Crippen LogP contribution >= 0.6 is 11.3 Å². The summed E-state index contributed by atoms with van der Waals surface area (Å²) in [6, 6.07) is 50.7. The summed E-state index contributed by atoms with van der Waals surface area (Å²) >= 11 is 1.76. The highest BCUT2D eigenvalue weighted by atomic mass is 32.1. The maximum atomic E-state index is 6.30. The van der Waals surface area contributed by atoms with Crippen LogP contribution in [0, 0.1) is 0 Å². The van der Waals surface area contributed by atoms with E-state index in [0.717, 1.165) is 59.9 Å². The van der Waals surface area contributed by atoms with E-state index in [-0.39, 0.29) is 0 Å². The summed E-state index contributed by atoms with van der Waals surface area (Å²) in [5, 5.41) is 3.36. The third kappa shape index (κ3) is 4.03. The van der Waals surface area contributed by atoms with Gasteiger partial charge in [-0.15, -0.1) is 11.3 Å². The minimum absolute atomic E-state index is 0.708. The van der Waals surface area contributed by atoms with E-state index in [1.54, 1.807) is 11.3 Å². The van der Waals surface area contributed by atoms with Gasteiger partial charge in [0.25, 0.3) is 0 Å². The van der Waals surface area contributed by atoms with Crippen molar-refractivity contribution in [3.63, 3.8) is 0 Å². The summed E-state index contributed by atoms with van der Waals surface area (Å²) in [6.45, 7) is 0. The summed E-state index contributed by atoms with van der Waals surface area (Å²) in [5.74, 6) is 0.708. The number of benzene rings is 6. The van der Waals surface area contributed by atoms with E-state index in [1.807, 2.05) is 18.2 Å². The average Bonchev–Trinajstić information content (AvgIpc) is 3.67. The fourth-order valence-corrected chi connectivity index (χ4v) is 7.46. The Hall–Kier alpha value is -5.58. The van der Waals surface area contributed by atoms with E-state index >= 15 is 0 Å². The van der Waals surface area contributed by atoms with Crippen molar-refractivity contribution in [2.24, 2.45) is 0 Å². The SMILES string of the molecule is c1ccc(-c2cccc(-c3nc(-c4ccc5c(c4)oc4ccccc45)c4sc5c(-c6ccccc6)cccc5c4n3)c2)cc1. The summed E-state index contributed by atoms with van der Waals surface area (Å²) in [5.41, 5.74) is 10.3. The lowest BCUT2D eigenvalue weighted by atomic mass is 10.0. The molecule has 0 unspecified atom stereocenters. The number of nitrogens with zero attached hydrogens (tertiary/aromatic N) is 2. The molecule has 206 valence electrons. The quantitative estimate of drug-likeness (QED) is 0.208. The molecule has 9 rings (SSSR count). The standard InChI is InChI=1S/C40H24N2OS/c1-3-11-25(12-4-1)27-15-9-16-29(23-27)40-41-36(28-21-22-32-31-17-7-8-20-34(31)43-35(32)24-28)39-37(42-40)33-19-10-18-30(38(33)44-39)26-13-5-2-6-14-26/h1-24H. The molecule has 0 saturated carbocycles. The van der Waals surface area contributed by atoms with Crippen molar-refractivity contribution in [2.45, 2.75) is 0 Å². The molecule has 9 aromatic rings. The number of aromatic nitrogens is 2. The predicted octanol–water partition coefficient (Wildman–Crippen LogP) is 11.4. The highest BCUT2D eigenvalue weighted by molar-refractivity contribution is 7.26. The number of hydrogen-bond acceptors (Lipinski definition) is 4. The van der Waals surface area contributed by atoms with Gasteiger partial charge in [-0.2, -0.15) is 0 Å². The van der Waals surface area contributed by atoms with Crippen LogP contribution in [0.4, 0.5) is 0 Å². The Balaban J connectivity index is 1.32. The Morgan fingerprint density at radius 3 is 1.98 bits per heavy atom. The van der Waals surface area contributed by atoms with Crippen molar-refractivity contribution in [1.82, 2.24) is 9.97 Å². The first-order valence-electron chi connectivity index (χ1n) is 14.7. The van der Waals surface area contributed by atoms with Crippen LogP contribution in [0.2, 0.25) is 0 Å². The number of hydrogen-bond donors (Lipinski definition) is 0. The zero-order chi connectivity index (χ0) is 29.0. The summed E-state index contributed by atoms with van der Waals surface area (Å²) < 4.78 is 8.59. The molecule has 0 amide bonds. The van der Waals surface area contributed by atoms with Crippen LogP contribution in [0.5, 0.6) is 0 Å². The zero-order valence-corrected chi connectivity index (χ0v) is 24.4. The predicted molar refractivity (Wildman–Crippen MR) is 184 cm³/mol. The molecule has 3 heterocycles. The van der Waals surface area contributed by atoms with E-state index in [4.69, 9.17) is 14.4 Å². The Bertz CT molecular complexity index is 2490. The molecule has 0 spiro atoms. The third-order valence-electron chi connectivity index (χ3n) is 8.30.